The summed E-state index contributed by atoms with van der Waals surface area (Å²) in [5, 5.41) is 0.672. The number of hydrogen-bond acceptors (Lipinski definition) is 1. The highest BCUT2D eigenvalue weighted by molar-refractivity contribution is 7.19. The van der Waals surface area contributed by atoms with Gasteiger partial charge in [0.2, 0.25) is 0 Å². The second kappa shape index (κ2) is 5.51. The summed E-state index contributed by atoms with van der Waals surface area (Å²) in [4.78, 5) is 0.926. The van der Waals surface area contributed by atoms with E-state index in [2.05, 4.69) is 0 Å². The molecule has 0 aliphatic carbocycles. The molecule has 0 bridgehead atoms. The molecule has 1 heterocycles. The minimum atomic E-state index is -0.545. The Bertz CT molecular complexity index is 698. The molecule has 0 aliphatic rings. The second-order valence-electron chi connectivity index (χ2n) is 4.56. The van der Waals surface area contributed by atoms with Gasteiger partial charge in [0.1, 0.15) is 11.6 Å². The molecule has 0 radical (unpaired) electrons. The average Bonchev–Trinajstić information content (AvgIpc) is 2.87. The van der Waals surface area contributed by atoms with Gasteiger partial charge in [-0.25, -0.2) is 8.78 Å². The van der Waals surface area contributed by atoms with Gasteiger partial charge < -0.3 is 0 Å². The van der Waals surface area contributed by atoms with Gasteiger partial charge >= 0.3 is 0 Å². The van der Waals surface area contributed by atoms with Crippen molar-refractivity contribution in [3.8, 4) is 0 Å². The Kier molecular flexibility index (Phi) is 3.72. The fraction of sp³-hybridized carbons (Fsp3) is 0.125. The first-order valence-electron chi connectivity index (χ1n) is 6.20. The van der Waals surface area contributed by atoms with Gasteiger partial charge in [0.25, 0.3) is 0 Å². The summed E-state index contributed by atoms with van der Waals surface area (Å²) in [7, 11) is 0. The van der Waals surface area contributed by atoms with Crippen molar-refractivity contribution in [3.63, 3.8) is 0 Å². The highest BCUT2D eigenvalue weighted by atomic mass is 35.5. The van der Waals surface area contributed by atoms with Crippen LogP contribution in [0.2, 0.25) is 0 Å². The van der Waals surface area contributed by atoms with Crippen LogP contribution >= 0.6 is 22.9 Å². The first kappa shape index (κ1) is 13.5. The molecule has 0 nitrogen and oxygen atoms in total. The summed E-state index contributed by atoms with van der Waals surface area (Å²) < 4.78 is 28.4. The van der Waals surface area contributed by atoms with Crippen LogP contribution in [-0.4, -0.2) is 0 Å². The van der Waals surface area contributed by atoms with Gasteiger partial charge in [-0.15, -0.1) is 22.9 Å². The van der Waals surface area contributed by atoms with Gasteiger partial charge in [0, 0.05) is 15.1 Å². The lowest BCUT2D eigenvalue weighted by atomic mass is 10.1. The van der Waals surface area contributed by atoms with E-state index in [0.717, 1.165) is 15.0 Å². The Morgan fingerprint density at radius 2 is 1.70 bits per heavy atom. The average molecular weight is 309 g/mol. The molecular formula is C16H11ClF2S. The number of fused-ring (bicyclic) bond motifs is 1. The van der Waals surface area contributed by atoms with Gasteiger partial charge in [0.15, 0.2) is 0 Å². The van der Waals surface area contributed by atoms with Crippen LogP contribution in [0.1, 0.15) is 15.8 Å². The summed E-state index contributed by atoms with van der Waals surface area (Å²) in [6.07, 6.45) is 0.146. The van der Waals surface area contributed by atoms with Crippen LogP contribution in [0.3, 0.4) is 0 Å². The van der Waals surface area contributed by atoms with Gasteiger partial charge in [-0.3, -0.25) is 0 Å². The Balaban J connectivity index is 1.91. The quantitative estimate of drug-likeness (QED) is 0.544. The molecule has 1 unspecified atom stereocenters. The third-order valence-electron chi connectivity index (χ3n) is 3.20. The largest absolute Gasteiger partial charge is 0.207 e. The zero-order valence-corrected chi connectivity index (χ0v) is 12.0. The number of halogens is 3. The maximum atomic E-state index is 13.6. The molecule has 1 aromatic heterocycles. The van der Waals surface area contributed by atoms with Crippen LogP contribution in [0.25, 0.3) is 10.1 Å². The van der Waals surface area contributed by atoms with Gasteiger partial charge in [0.05, 0.1) is 5.38 Å². The molecule has 4 heteroatoms. The molecule has 1 atom stereocenters. The molecule has 0 spiro atoms. The number of benzene rings is 2. The standard InChI is InChI=1S/C16H11ClF2S/c17-12(9-11-13(18)5-3-6-14(11)19)16-8-10-4-1-2-7-15(10)20-16/h1-8,12H,9H2. The van der Waals surface area contributed by atoms with Crippen molar-refractivity contribution in [2.45, 2.75) is 11.8 Å². The van der Waals surface area contributed by atoms with Crippen LogP contribution in [-0.2, 0) is 6.42 Å². The molecule has 3 aromatic rings. The van der Waals surface area contributed by atoms with Crippen LogP contribution < -0.4 is 0 Å². The molecule has 3 rings (SSSR count). The van der Waals surface area contributed by atoms with Crippen LogP contribution in [0.5, 0.6) is 0 Å². The monoisotopic (exact) mass is 308 g/mol. The van der Waals surface area contributed by atoms with E-state index in [-0.39, 0.29) is 12.0 Å². The fourth-order valence-corrected chi connectivity index (χ4v) is 3.56. The molecule has 0 saturated carbocycles. The number of thiophene rings is 1. The summed E-state index contributed by atoms with van der Waals surface area (Å²) in [5.41, 5.74) is 0.0463. The van der Waals surface area contributed by atoms with Gasteiger partial charge in [-0.1, -0.05) is 24.3 Å². The van der Waals surface area contributed by atoms with Gasteiger partial charge in [-0.05, 0) is 36.1 Å². The van der Waals surface area contributed by atoms with Crippen molar-refractivity contribution in [3.05, 3.63) is 70.6 Å². The lowest BCUT2D eigenvalue weighted by Crippen LogP contribution is -2.00. The zero-order valence-electron chi connectivity index (χ0n) is 10.4. The van der Waals surface area contributed by atoms with Crippen LogP contribution in [0, 0.1) is 11.6 Å². The second-order valence-corrected chi connectivity index (χ2v) is 6.20. The van der Waals surface area contributed by atoms with E-state index in [1.54, 1.807) is 11.3 Å². The number of alkyl halides is 1. The smallest absolute Gasteiger partial charge is 0.129 e. The summed E-state index contributed by atoms with van der Waals surface area (Å²) in [6, 6.07) is 13.8. The molecule has 2 aromatic carbocycles. The van der Waals surface area contributed by atoms with E-state index in [1.807, 2.05) is 30.3 Å². The van der Waals surface area contributed by atoms with Crippen molar-refractivity contribution in [1.82, 2.24) is 0 Å². The van der Waals surface area contributed by atoms with E-state index < -0.39 is 17.0 Å². The minimum absolute atomic E-state index is 0.0463. The lowest BCUT2D eigenvalue weighted by molar-refractivity contribution is 0.553. The normalized spacial score (nSPS) is 12.8. The van der Waals surface area contributed by atoms with E-state index in [4.69, 9.17) is 11.6 Å². The molecule has 0 aliphatic heterocycles. The molecule has 0 fully saturated rings. The van der Waals surface area contributed by atoms with Crippen molar-refractivity contribution in [2.75, 3.05) is 0 Å². The Labute approximate surface area is 124 Å². The Morgan fingerprint density at radius 1 is 1.00 bits per heavy atom. The molecule has 0 amide bonds. The van der Waals surface area contributed by atoms with E-state index in [1.165, 1.54) is 18.2 Å². The van der Waals surface area contributed by atoms with E-state index >= 15 is 0 Å². The third kappa shape index (κ3) is 2.56. The molecule has 0 N–H and O–H groups in total. The van der Waals surface area contributed by atoms with Crippen LogP contribution in [0.15, 0.2) is 48.5 Å². The molecule has 102 valence electrons. The van der Waals surface area contributed by atoms with E-state index in [0.29, 0.717) is 0 Å². The maximum Gasteiger partial charge on any atom is 0.129 e. The first-order valence-corrected chi connectivity index (χ1v) is 7.46. The van der Waals surface area contributed by atoms with Gasteiger partial charge in [-0.2, -0.15) is 0 Å². The predicted molar refractivity (Wildman–Crippen MR) is 80.5 cm³/mol. The lowest BCUT2D eigenvalue weighted by Gasteiger charge is -2.09. The summed E-state index contributed by atoms with van der Waals surface area (Å²) in [5.74, 6) is -1.09. The molecule has 20 heavy (non-hydrogen) atoms. The molecule has 0 saturated heterocycles. The summed E-state index contributed by atoms with van der Waals surface area (Å²) in [6.45, 7) is 0. The fourth-order valence-electron chi connectivity index (χ4n) is 2.16. The summed E-state index contributed by atoms with van der Waals surface area (Å²) >= 11 is 7.89. The zero-order chi connectivity index (χ0) is 14.1. The van der Waals surface area contributed by atoms with Crippen molar-refractivity contribution < 1.29 is 8.78 Å². The highest BCUT2D eigenvalue weighted by Crippen LogP contribution is 2.35. The first-order chi connectivity index (χ1) is 9.65. The van der Waals surface area contributed by atoms with E-state index in [9.17, 15) is 8.78 Å². The van der Waals surface area contributed by atoms with Crippen molar-refractivity contribution in [1.29, 1.82) is 0 Å². The van der Waals surface area contributed by atoms with Crippen LogP contribution in [0.4, 0.5) is 8.78 Å². The SMILES string of the molecule is Fc1cccc(F)c1CC(Cl)c1cc2ccccc2s1. The molecular weight excluding hydrogens is 298 g/mol. The maximum absolute atomic E-state index is 13.6. The highest BCUT2D eigenvalue weighted by Gasteiger charge is 2.17. The topological polar surface area (TPSA) is 0 Å². The number of hydrogen-bond donors (Lipinski definition) is 0. The minimum Gasteiger partial charge on any atom is -0.207 e. The Morgan fingerprint density at radius 3 is 2.40 bits per heavy atom. The third-order valence-corrected chi connectivity index (χ3v) is 4.95. The van der Waals surface area contributed by atoms with Crippen molar-refractivity contribution in [2.24, 2.45) is 0 Å². The van der Waals surface area contributed by atoms with Crippen molar-refractivity contribution >= 4 is 33.0 Å². The number of rotatable bonds is 3. The predicted octanol–water partition coefficient (Wildman–Crippen LogP) is 5.70. The Hall–Kier alpha value is -1.45.